The third-order valence-corrected chi connectivity index (χ3v) is 2.59. The Kier molecular flexibility index (Phi) is 4.60. The van der Waals surface area contributed by atoms with E-state index in [4.69, 9.17) is 0 Å². The predicted molar refractivity (Wildman–Crippen MR) is 74.0 cm³/mol. The smallest absolute Gasteiger partial charge is 0.254 e. The normalized spacial score (nSPS) is 10.1. The van der Waals surface area contributed by atoms with Crippen LogP contribution in [0.3, 0.4) is 0 Å². The molecule has 1 aromatic heterocycles. The molecule has 6 heteroatoms. The lowest BCUT2D eigenvalue weighted by Gasteiger charge is -2.08. The van der Waals surface area contributed by atoms with Crippen LogP contribution in [0.25, 0.3) is 0 Å². The van der Waals surface area contributed by atoms with Crippen LogP contribution in [0, 0.1) is 12.7 Å². The van der Waals surface area contributed by atoms with Crippen molar-refractivity contribution in [3.63, 3.8) is 0 Å². The fraction of sp³-hybridized carbons (Fsp3) is 0.214. The molecule has 5 nitrogen and oxygen atoms in total. The van der Waals surface area contributed by atoms with E-state index < -0.39 is 11.7 Å². The average Bonchev–Trinajstić information content (AvgIpc) is 2.44. The topological polar surface area (TPSA) is 66.9 Å². The Morgan fingerprint density at radius 2 is 2.05 bits per heavy atom. The number of carbonyl (C=O) groups is 1. The van der Waals surface area contributed by atoms with Crippen molar-refractivity contribution in [3.8, 4) is 0 Å². The second-order valence-electron chi connectivity index (χ2n) is 4.21. The summed E-state index contributed by atoms with van der Waals surface area (Å²) in [4.78, 5) is 19.9. The van der Waals surface area contributed by atoms with Crippen molar-refractivity contribution in [1.82, 2.24) is 15.3 Å². The maximum Gasteiger partial charge on any atom is 0.254 e. The van der Waals surface area contributed by atoms with Crippen molar-refractivity contribution < 1.29 is 9.18 Å². The van der Waals surface area contributed by atoms with Gasteiger partial charge in [-0.05, 0) is 19.1 Å². The number of aryl methyl sites for hydroxylation is 1. The van der Waals surface area contributed by atoms with E-state index in [0.717, 1.165) is 5.69 Å². The van der Waals surface area contributed by atoms with E-state index in [-0.39, 0.29) is 5.56 Å². The number of carbonyl (C=O) groups excluding carboxylic acids is 1. The van der Waals surface area contributed by atoms with E-state index in [1.165, 1.54) is 12.1 Å². The number of hydrogen-bond acceptors (Lipinski definition) is 4. The molecular formula is C14H15FN4O. The van der Waals surface area contributed by atoms with Crippen LogP contribution in [0.5, 0.6) is 0 Å². The van der Waals surface area contributed by atoms with Crippen molar-refractivity contribution in [2.45, 2.75) is 6.92 Å². The molecule has 2 N–H and O–H groups in total. The number of nitrogens with zero attached hydrogens (tertiary/aromatic N) is 2. The lowest BCUT2D eigenvalue weighted by molar-refractivity contribution is 0.0951. The van der Waals surface area contributed by atoms with Crippen LogP contribution in [0.15, 0.2) is 36.7 Å². The van der Waals surface area contributed by atoms with Gasteiger partial charge in [-0.25, -0.2) is 9.37 Å². The van der Waals surface area contributed by atoms with Crippen LogP contribution in [-0.2, 0) is 0 Å². The zero-order valence-corrected chi connectivity index (χ0v) is 11.1. The van der Waals surface area contributed by atoms with Gasteiger partial charge in [0.05, 0.1) is 17.5 Å². The SMILES string of the molecule is Cc1cncc(NCCNC(=O)c2ccccc2F)n1. The summed E-state index contributed by atoms with van der Waals surface area (Å²) >= 11 is 0. The van der Waals surface area contributed by atoms with Gasteiger partial charge in [-0.3, -0.25) is 9.78 Å². The third-order valence-electron chi connectivity index (χ3n) is 2.59. The van der Waals surface area contributed by atoms with Crippen LogP contribution in [0.2, 0.25) is 0 Å². The summed E-state index contributed by atoms with van der Waals surface area (Å²) in [5.41, 5.74) is 0.855. The van der Waals surface area contributed by atoms with Crippen LogP contribution >= 0.6 is 0 Å². The zero-order chi connectivity index (χ0) is 14.4. The molecule has 2 rings (SSSR count). The number of anilines is 1. The summed E-state index contributed by atoms with van der Waals surface area (Å²) in [5, 5.41) is 5.66. The molecule has 20 heavy (non-hydrogen) atoms. The highest BCUT2D eigenvalue weighted by molar-refractivity contribution is 5.94. The summed E-state index contributed by atoms with van der Waals surface area (Å²) in [6.07, 6.45) is 3.26. The molecule has 0 saturated heterocycles. The first kappa shape index (κ1) is 13.9. The minimum atomic E-state index is -0.525. The first-order valence-corrected chi connectivity index (χ1v) is 6.22. The molecule has 0 aliphatic heterocycles. The molecule has 0 spiro atoms. The van der Waals surface area contributed by atoms with Crippen LogP contribution in [0.4, 0.5) is 10.2 Å². The first-order chi connectivity index (χ1) is 9.66. The Hall–Kier alpha value is -2.50. The maximum absolute atomic E-state index is 13.4. The van der Waals surface area contributed by atoms with Crippen LogP contribution < -0.4 is 10.6 Å². The minimum Gasteiger partial charge on any atom is -0.367 e. The molecule has 0 aliphatic carbocycles. The molecule has 0 aliphatic rings. The highest BCUT2D eigenvalue weighted by Crippen LogP contribution is 2.05. The fourth-order valence-electron chi connectivity index (χ4n) is 1.66. The molecule has 104 valence electrons. The number of benzene rings is 1. The molecule has 0 bridgehead atoms. The number of rotatable bonds is 5. The predicted octanol–water partition coefficient (Wildman–Crippen LogP) is 1.77. The maximum atomic E-state index is 13.4. The Morgan fingerprint density at radius 1 is 1.25 bits per heavy atom. The zero-order valence-electron chi connectivity index (χ0n) is 11.1. The van der Waals surface area contributed by atoms with E-state index in [9.17, 15) is 9.18 Å². The summed E-state index contributed by atoms with van der Waals surface area (Å²) < 4.78 is 13.4. The summed E-state index contributed by atoms with van der Waals surface area (Å²) in [6.45, 7) is 2.69. The molecule has 2 aromatic rings. The molecule has 0 radical (unpaired) electrons. The molecule has 1 heterocycles. The summed E-state index contributed by atoms with van der Waals surface area (Å²) in [7, 11) is 0. The van der Waals surface area contributed by atoms with E-state index in [0.29, 0.717) is 18.9 Å². The molecule has 0 saturated carbocycles. The molecule has 0 atom stereocenters. The first-order valence-electron chi connectivity index (χ1n) is 6.22. The van der Waals surface area contributed by atoms with E-state index in [2.05, 4.69) is 20.6 Å². The standard InChI is InChI=1S/C14H15FN4O/c1-10-8-16-9-13(19-10)17-6-7-18-14(20)11-4-2-3-5-12(11)15/h2-5,8-9H,6-7H2,1H3,(H,17,19)(H,18,20). The van der Waals surface area contributed by atoms with Gasteiger partial charge in [0, 0.05) is 19.3 Å². The minimum absolute atomic E-state index is 0.0443. The number of amides is 1. The quantitative estimate of drug-likeness (QED) is 0.815. The van der Waals surface area contributed by atoms with Gasteiger partial charge in [-0.15, -0.1) is 0 Å². The van der Waals surface area contributed by atoms with Crippen LogP contribution in [0.1, 0.15) is 16.1 Å². The number of halogens is 1. The van der Waals surface area contributed by atoms with Gasteiger partial charge in [0.2, 0.25) is 0 Å². The highest BCUT2D eigenvalue weighted by atomic mass is 19.1. The summed E-state index contributed by atoms with van der Waals surface area (Å²) in [6, 6.07) is 5.88. The van der Waals surface area contributed by atoms with Crippen LogP contribution in [-0.4, -0.2) is 29.0 Å². The van der Waals surface area contributed by atoms with Gasteiger partial charge in [-0.2, -0.15) is 0 Å². The van der Waals surface area contributed by atoms with E-state index in [1.807, 2.05) is 6.92 Å². The van der Waals surface area contributed by atoms with E-state index >= 15 is 0 Å². The lowest BCUT2D eigenvalue weighted by atomic mass is 10.2. The number of hydrogen-bond donors (Lipinski definition) is 2. The van der Waals surface area contributed by atoms with Crippen molar-refractivity contribution in [1.29, 1.82) is 0 Å². The number of aromatic nitrogens is 2. The lowest BCUT2D eigenvalue weighted by Crippen LogP contribution is -2.29. The monoisotopic (exact) mass is 274 g/mol. The Labute approximate surface area is 116 Å². The van der Waals surface area contributed by atoms with Gasteiger partial charge >= 0.3 is 0 Å². The Morgan fingerprint density at radius 3 is 2.80 bits per heavy atom. The van der Waals surface area contributed by atoms with Gasteiger partial charge < -0.3 is 10.6 Å². The van der Waals surface area contributed by atoms with Gasteiger partial charge in [0.1, 0.15) is 11.6 Å². The Bertz CT molecular complexity index is 603. The highest BCUT2D eigenvalue weighted by Gasteiger charge is 2.09. The van der Waals surface area contributed by atoms with Gasteiger partial charge in [-0.1, -0.05) is 12.1 Å². The second kappa shape index (κ2) is 6.60. The fourth-order valence-corrected chi connectivity index (χ4v) is 1.66. The molecule has 0 fully saturated rings. The molecule has 1 aromatic carbocycles. The Balaban J connectivity index is 1.79. The number of nitrogens with one attached hydrogen (secondary N) is 2. The van der Waals surface area contributed by atoms with Crippen molar-refractivity contribution in [2.75, 3.05) is 18.4 Å². The van der Waals surface area contributed by atoms with Crippen molar-refractivity contribution in [2.24, 2.45) is 0 Å². The van der Waals surface area contributed by atoms with Crippen molar-refractivity contribution in [3.05, 3.63) is 53.7 Å². The van der Waals surface area contributed by atoms with Gasteiger partial charge in [0.15, 0.2) is 0 Å². The van der Waals surface area contributed by atoms with Crippen molar-refractivity contribution >= 4 is 11.7 Å². The third kappa shape index (κ3) is 3.74. The average molecular weight is 274 g/mol. The molecular weight excluding hydrogens is 259 g/mol. The molecule has 0 unspecified atom stereocenters. The van der Waals surface area contributed by atoms with E-state index in [1.54, 1.807) is 24.5 Å². The van der Waals surface area contributed by atoms with Gasteiger partial charge in [0.25, 0.3) is 5.91 Å². The largest absolute Gasteiger partial charge is 0.367 e. The second-order valence-corrected chi connectivity index (χ2v) is 4.21. The summed E-state index contributed by atoms with van der Waals surface area (Å²) in [5.74, 6) is -0.312. The molecule has 1 amide bonds.